The first-order valence-corrected chi connectivity index (χ1v) is 9.41. The van der Waals surface area contributed by atoms with Crippen LogP contribution in [-0.2, 0) is 14.3 Å². The number of nitrogens with zero attached hydrogens (tertiary/aromatic N) is 1. The van der Waals surface area contributed by atoms with Crippen molar-refractivity contribution in [2.45, 2.75) is 33.2 Å². The number of ether oxygens (including phenoxy) is 1. The zero-order valence-corrected chi connectivity index (χ0v) is 16.2. The number of hydrogen-bond acceptors (Lipinski definition) is 4. The lowest BCUT2D eigenvalue weighted by molar-refractivity contribution is -0.130. The van der Waals surface area contributed by atoms with Gasteiger partial charge in [0.2, 0.25) is 11.8 Å². The number of rotatable bonds is 8. The van der Waals surface area contributed by atoms with Gasteiger partial charge in [0.1, 0.15) is 0 Å². The lowest BCUT2D eigenvalue weighted by Gasteiger charge is -2.25. The van der Waals surface area contributed by atoms with Crippen LogP contribution in [0.15, 0.2) is 30.3 Å². The van der Waals surface area contributed by atoms with Gasteiger partial charge in [-0.05, 0) is 18.4 Å². The molecule has 1 aliphatic rings. The Kier molecular flexibility index (Phi) is 7.64. The number of amides is 3. The lowest BCUT2D eigenvalue weighted by Crippen LogP contribution is -2.38. The molecule has 7 heteroatoms. The highest BCUT2D eigenvalue weighted by atomic mass is 16.5. The fraction of sp³-hybridized carbons (Fsp3) is 0.550. The molecule has 27 heavy (non-hydrogen) atoms. The van der Waals surface area contributed by atoms with E-state index < -0.39 is 6.09 Å². The number of hydrogen-bond donors (Lipinski definition) is 2. The van der Waals surface area contributed by atoms with Crippen molar-refractivity contribution in [3.8, 4) is 0 Å². The van der Waals surface area contributed by atoms with Gasteiger partial charge in [0.15, 0.2) is 0 Å². The van der Waals surface area contributed by atoms with Crippen LogP contribution in [0.1, 0.15) is 38.8 Å². The summed E-state index contributed by atoms with van der Waals surface area (Å²) in [5, 5.41) is 5.36. The highest BCUT2D eigenvalue weighted by molar-refractivity contribution is 5.89. The van der Waals surface area contributed by atoms with Crippen molar-refractivity contribution in [2.24, 2.45) is 11.8 Å². The van der Waals surface area contributed by atoms with Crippen molar-refractivity contribution >= 4 is 17.9 Å². The molecule has 148 valence electrons. The van der Waals surface area contributed by atoms with Crippen LogP contribution in [0.2, 0.25) is 0 Å². The molecule has 1 heterocycles. The minimum atomic E-state index is -0.489. The molecule has 2 N–H and O–H groups in total. The Morgan fingerprint density at radius 3 is 2.48 bits per heavy atom. The molecule has 7 nitrogen and oxygen atoms in total. The third-order valence-electron chi connectivity index (χ3n) is 4.52. The molecule has 1 saturated heterocycles. The maximum absolute atomic E-state index is 12.3. The molecule has 0 spiro atoms. The first-order chi connectivity index (χ1) is 12.9. The first-order valence-electron chi connectivity index (χ1n) is 9.41. The summed E-state index contributed by atoms with van der Waals surface area (Å²) in [5.41, 5.74) is 1.05. The van der Waals surface area contributed by atoms with E-state index in [9.17, 15) is 14.4 Å². The molecule has 3 amide bonds. The van der Waals surface area contributed by atoms with Gasteiger partial charge in [0.05, 0.1) is 18.6 Å². The van der Waals surface area contributed by atoms with E-state index >= 15 is 0 Å². The highest BCUT2D eigenvalue weighted by Gasteiger charge is 2.36. The Morgan fingerprint density at radius 2 is 1.81 bits per heavy atom. The Hall–Kier alpha value is -2.57. The second-order valence-corrected chi connectivity index (χ2v) is 7.24. The third-order valence-corrected chi connectivity index (χ3v) is 4.52. The lowest BCUT2D eigenvalue weighted by atomic mass is 10.1. The molecule has 2 rings (SSSR count). The molecule has 2 unspecified atom stereocenters. The topological polar surface area (TPSA) is 87.7 Å². The van der Waals surface area contributed by atoms with Crippen molar-refractivity contribution in [2.75, 3.05) is 26.2 Å². The predicted octanol–water partition coefficient (Wildman–Crippen LogP) is 2.09. The van der Waals surface area contributed by atoms with Gasteiger partial charge >= 0.3 is 6.09 Å². The van der Waals surface area contributed by atoms with Crippen LogP contribution in [-0.4, -0.2) is 49.0 Å². The standard InChI is InChI=1S/C20H29N3O4/c1-14(2)13-27-20(26)22-10-9-21-19(25)17-11-18(24)23(12-17)15(3)16-7-5-4-6-8-16/h4-8,14-15,17H,9-13H2,1-3H3,(H,21,25)(H,22,26). The molecule has 0 aromatic heterocycles. The normalized spacial score (nSPS) is 17.7. The number of benzene rings is 1. The summed E-state index contributed by atoms with van der Waals surface area (Å²) in [6.07, 6.45) is -0.274. The van der Waals surface area contributed by atoms with Crippen LogP contribution in [0.3, 0.4) is 0 Å². The molecule has 0 bridgehead atoms. The van der Waals surface area contributed by atoms with Gasteiger partial charge in [-0.2, -0.15) is 0 Å². The highest BCUT2D eigenvalue weighted by Crippen LogP contribution is 2.28. The number of carbonyl (C=O) groups is 3. The van der Waals surface area contributed by atoms with Crippen LogP contribution >= 0.6 is 0 Å². The average Bonchev–Trinajstić information content (AvgIpc) is 3.05. The molecule has 0 radical (unpaired) electrons. The van der Waals surface area contributed by atoms with Crippen molar-refractivity contribution < 1.29 is 19.1 Å². The maximum Gasteiger partial charge on any atom is 0.407 e. The number of carbonyl (C=O) groups excluding carboxylic acids is 3. The largest absolute Gasteiger partial charge is 0.449 e. The summed E-state index contributed by atoms with van der Waals surface area (Å²) in [4.78, 5) is 37.8. The van der Waals surface area contributed by atoms with Crippen LogP contribution in [0.5, 0.6) is 0 Å². The molecule has 0 saturated carbocycles. The third kappa shape index (κ3) is 6.27. The number of alkyl carbamates (subject to hydrolysis) is 1. The van der Waals surface area contributed by atoms with E-state index in [1.165, 1.54) is 0 Å². The van der Waals surface area contributed by atoms with Crippen molar-refractivity contribution in [1.29, 1.82) is 0 Å². The van der Waals surface area contributed by atoms with Gasteiger partial charge < -0.3 is 20.3 Å². The molecular formula is C20H29N3O4. The van der Waals surface area contributed by atoms with E-state index in [0.717, 1.165) is 5.56 Å². The average molecular weight is 375 g/mol. The van der Waals surface area contributed by atoms with E-state index in [-0.39, 0.29) is 42.7 Å². The second kappa shape index (κ2) is 9.94. The van der Waals surface area contributed by atoms with Gasteiger partial charge in [-0.1, -0.05) is 44.2 Å². The van der Waals surface area contributed by atoms with Gasteiger partial charge in [0.25, 0.3) is 0 Å². The molecule has 1 aliphatic heterocycles. The monoisotopic (exact) mass is 375 g/mol. The molecule has 0 aliphatic carbocycles. The molecular weight excluding hydrogens is 346 g/mol. The Balaban J connectivity index is 1.73. The Bertz CT molecular complexity index is 648. The van der Waals surface area contributed by atoms with Crippen LogP contribution in [0, 0.1) is 11.8 Å². The van der Waals surface area contributed by atoms with E-state index in [1.807, 2.05) is 51.1 Å². The van der Waals surface area contributed by atoms with Crippen molar-refractivity contribution in [3.63, 3.8) is 0 Å². The van der Waals surface area contributed by atoms with Gasteiger partial charge in [-0.25, -0.2) is 4.79 Å². The smallest absolute Gasteiger partial charge is 0.407 e. The Morgan fingerprint density at radius 1 is 1.15 bits per heavy atom. The summed E-state index contributed by atoms with van der Waals surface area (Å²) in [5.74, 6) is -0.265. The maximum atomic E-state index is 12.3. The minimum Gasteiger partial charge on any atom is -0.449 e. The zero-order chi connectivity index (χ0) is 19.8. The summed E-state index contributed by atoms with van der Waals surface area (Å²) in [7, 11) is 0. The minimum absolute atomic E-state index is 0.0121. The number of nitrogens with one attached hydrogen (secondary N) is 2. The van der Waals surface area contributed by atoms with Crippen molar-refractivity contribution in [1.82, 2.24) is 15.5 Å². The van der Waals surface area contributed by atoms with E-state index in [1.54, 1.807) is 4.90 Å². The summed E-state index contributed by atoms with van der Waals surface area (Å²) in [6, 6.07) is 9.72. The van der Waals surface area contributed by atoms with Crippen LogP contribution in [0.25, 0.3) is 0 Å². The zero-order valence-electron chi connectivity index (χ0n) is 16.2. The first kappa shape index (κ1) is 20.7. The summed E-state index contributed by atoms with van der Waals surface area (Å²) in [6.45, 7) is 7.24. The molecule has 1 aromatic carbocycles. The van der Waals surface area contributed by atoms with Crippen molar-refractivity contribution in [3.05, 3.63) is 35.9 Å². The van der Waals surface area contributed by atoms with Gasteiger partial charge in [0, 0.05) is 26.1 Å². The van der Waals surface area contributed by atoms with Crippen LogP contribution < -0.4 is 10.6 Å². The van der Waals surface area contributed by atoms with Gasteiger partial charge in [-0.15, -0.1) is 0 Å². The fourth-order valence-electron chi connectivity index (χ4n) is 2.98. The second-order valence-electron chi connectivity index (χ2n) is 7.24. The molecule has 1 fully saturated rings. The van der Waals surface area contributed by atoms with E-state index in [2.05, 4.69) is 10.6 Å². The molecule has 1 aromatic rings. The fourth-order valence-corrected chi connectivity index (χ4v) is 2.98. The summed E-state index contributed by atoms with van der Waals surface area (Å²) >= 11 is 0. The van der Waals surface area contributed by atoms with Gasteiger partial charge in [-0.3, -0.25) is 9.59 Å². The SMILES string of the molecule is CC(C)COC(=O)NCCNC(=O)C1CC(=O)N(C(C)c2ccccc2)C1. The summed E-state index contributed by atoms with van der Waals surface area (Å²) < 4.78 is 4.99. The quantitative estimate of drug-likeness (QED) is 0.681. The van der Waals surface area contributed by atoms with Crippen LogP contribution in [0.4, 0.5) is 4.79 Å². The van der Waals surface area contributed by atoms with E-state index in [0.29, 0.717) is 19.7 Å². The van der Waals surface area contributed by atoms with E-state index in [4.69, 9.17) is 4.74 Å². The number of likely N-dealkylation sites (tertiary alicyclic amines) is 1. The predicted molar refractivity (Wildman–Crippen MR) is 102 cm³/mol. The molecule has 2 atom stereocenters. The Labute approximate surface area is 160 Å².